The minimum atomic E-state index is -0.135. The molecule has 3 fully saturated rings. The fourth-order valence-corrected chi connectivity index (χ4v) is 3.45. The number of carbonyl (C=O) groups excluding carboxylic acids is 3. The van der Waals surface area contributed by atoms with E-state index < -0.39 is 0 Å². The molecule has 0 aromatic heterocycles. The molecule has 2 heterocycles. The van der Waals surface area contributed by atoms with Crippen molar-refractivity contribution >= 4 is 23.4 Å². The first-order chi connectivity index (χ1) is 11.0. The lowest BCUT2D eigenvalue weighted by Gasteiger charge is -2.43. The first-order valence-electron chi connectivity index (χ1n) is 7.91. The van der Waals surface area contributed by atoms with Gasteiger partial charge in [0.15, 0.2) is 0 Å². The molecule has 1 aromatic rings. The number of imide groups is 1. The van der Waals surface area contributed by atoms with Crippen LogP contribution >= 0.6 is 0 Å². The molecule has 6 heteroatoms. The summed E-state index contributed by atoms with van der Waals surface area (Å²) >= 11 is 0. The van der Waals surface area contributed by atoms with E-state index in [0.717, 1.165) is 12.1 Å². The minimum Gasteiger partial charge on any atom is -0.378 e. The average molecular weight is 313 g/mol. The topological polar surface area (TPSA) is 60.9 Å². The summed E-state index contributed by atoms with van der Waals surface area (Å²) in [6.07, 6.45) is 0.723. The number of carbonyl (C=O) groups is 3. The van der Waals surface area contributed by atoms with Gasteiger partial charge in [0.2, 0.25) is 11.8 Å². The molecule has 23 heavy (non-hydrogen) atoms. The second-order valence-corrected chi connectivity index (χ2v) is 6.80. The Kier molecular flexibility index (Phi) is 2.98. The summed E-state index contributed by atoms with van der Waals surface area (Å²) < 4.78 is 0. The van der Waals surface area contributed by atoms with E-state index in [-0.39, 0.29) is 35.6 Å². The van der Waals surface area contributed by atoms with Crippen molar-refractivity contribution in [2.75, 3.05) is 32.1 Å². The number of hydrogen-bond acceptors (Lipinski definition) is 4. The van der Waals surface area contributed by atoms with Crippen molar-refractivity contribution < 1.29 is 14.4 Å². The SMILES string of the molecule is CN(C)c1cccc(C(=O)N2CC(N3C(=O)C4CC4C3=O)C2)c1. The van der Waals surface area contributed by atoms with E-state index in [4.69, 9.17) is 0 Å². The fourth-order valence-electron chi connectivity index (χ4n) is 3.45. The molecule has 1 aromatic carbocycles. The van der Waals surface area contributed by atoms with E-state index in [1.807, 2.05) is 37.2 Å². The highest BCUT2D eigenvalue weighted by Crippen LogP contribution is 2.48. The molecule has 0 radical (unpaired) electrons. The van der Waals surface area contributed by atoms with Gasteiger partial charge in [0.1, 0.15) is 0 Å². The molecule has 0 spiro atoms. The van der Waals surface area contributed by atoms with Gasteiger partial charge in [-0.3, -0.25) is 19.3 Å². The van der Waals surface area contributed by atoms with Crippen LogP contribution in [0.3, 0.4) is 0 Å². The maximum Gasteiger partial charge on any atom is 0.254 e. The van der Waals surface area contributed by atoms with Crippen molar-refractivity contribution in [3.05, 3.63) is 29.8 Å². The predicted molar refractivity (Wildman–Crippen MR) is 83.9 cm³/mol. The molecule has 4 rings (SSSR count). The van der Waals surface area contributed by atoms with Gasteiger partial charge in [0.25, 0.3) is 5.91 Å². The quantitative estimate of drug-likeness (QED) is 0.766. The molecular formula is C17H19N3O3. The summed E-state index contributed by atoms with van der Waals surface area (Å²) in [5.74, 6) is -0.249. The summed E-state index contributed by atoms with van der Waals surface area (Å²) in [4.78, 5) is 41.7. The summed E-state index contributed by atoms with van der Waals surface area (Å²) in [6.45, 7) is 0.893. The molecule has 2 unspecified atom stereocenters. The molecule has 1 saturated carbocycles. The standard InChI is InChI=1S/C17H19N3O3/c1-18(2)11-5-3-4-10(6-11)15(21)19-8-12(9-19)20-16(22)13-7-14(13)17(20)23/h3-6,12-14H,7-9H2,1-2H3. The molecule has 0 bridgehead atoms. The second-order valence-electron chi connectivity index (χ2n) is 6.80. The zero-order valence-electron chi connectivity index (χ0n) is 13.2. The van der Waals surface area contributed by atoms with Crippen molar-refractivity contribution in [3.63, 3.8) is 0 Å². The first kappa shape index (κ1) is 14.2. The third-order valence-electron chi connectivity index (χ3n) is 5.02. The lowest BCUT2D eigenvalue weighted by atomic mass is 10.0. The first-order valence-corrected chi connectivity index (χ1v) is 7.91. The third kappa shape index (κ3) is 2.12. The zero-order valence-corrected chi connectivity index (χ0v) is 13.2. The Labute approximate surface area is 134 Å². The summed E-state index contributed by atoms with van der Waals surface area (Å²) in [6, 6.07) is 7.33. The van der Waals surface area contributed by atoms with Gasteiger partial charge in [-0.15, -0.1) is 0 Å². The van der Waals surface area contributed by atoms with E-state index in [1.165, 1.54) is 4.90 Å². The highest BCUT2D eigenvalue weighted by Gasteiger charge is 2.61. The molecule has 3 amide bonds. The summed E-state index contributed by atoms with van der Waals surface area (Å²) in [5.41, 5.74) is 1.61. The Bertz CT molecular complexity index is 689. The average Bonchev–Trinajstić information content (AvgIpc) is 3.25. The highest BCUT2D eigenvalue weighted by atomic mass is 16.2. The Morgan fingerprint density at radius 3 is 2.39 bits per heavy atom. The molecule has 0 N–H and O–H groups in total. The van der Waals surface area contributed by atoms with Gasteiger partial charge < -0.3 is 9.80 Å². The van der Waals surface area contributed by atoms with Crippen molar-refractivity contribution in [2.45, 2.75) is 12.5 Å². The lowest BCUT2D eigenvalue weighted by Crippen LogP contribution is -2.62. The van der Waals surface area contributed by atoms with E-state index in [9.17, 15) is 14.4 Å². The van der Waals surface area contributed by atoms with Crippen molar-refractivity contribution in [1.29, 1.82) is 0 Å². The van der Waals surface area contributed by atoms with Crippen LogP contribution < -0.4 is 4.90 Å². The molecular weight excluding hydrogens is 294 g/mol. The molecule has 6 nitrogen and oxygen atoms in total. The van der Waals surface area contributed by atoms with Crippen LogP contribution in [0.25, 0.3) is 0 Å². The number of nitrogens with zero attached hydrogens (tertiary/aromatic N) is 3. The molecule has 1 aliphatic carbocycles. The number of hydrogen-bond donors (Lipinski definition) is 0. The zero-order chi connectivity index (χ0) is 16.3. The Morgan fingerprint density at radius 1 is 1.13 bits per heavy atom. The third-order valence-corrected chi connectivity index (χ3v) is 5.02. The van der Waals surface area contributed by atoms with Crippen LogP contribution in [-0.2, 0) is 9.59 Å². The Balaban J connectivity index is 1.42. The molecule has 3 aliphatic rings. The lowest BCUT2D eigenvalue weighted by molar-refractivity contribution is -0.147. The number of likely N-dealkylation sites (tertiary alicyclic amines) is 2. The van der Waals surface area contributed by atoms with Crippen LogP contribution in [0.2, 0.25) is 0 Å². The van der Waals surface area contributed by atoms with Crippen LogP contribution in [0.4, 0.5) is 5.69 Å². The number of anilines is 1. The van der Waals surface area contributed by atoms with Gasteiger partial charge >= 0.3 is 0 Å². The van der Waals surface area contributed by atoms with E-state index >= 15 is 0 Å². The largest absolute Gasteiger partial charge is 0.378 e. The Hall–Kier alpha value is -2.37. The van der Waals surface area contributed by atoms with Gasteiger partial charge in [0, 0.05) is 38.4 Å². The van der Waals surface area contributed by atoms with Crippen LogP contribution in [-0.4, -0.2) is 60.7 Å². The van der Waals surface area contributed by atoms with E-state index in [1.54, 1.807) is 11.0 Å². The summed E-state index contributed by atoms with van der Waals surface area (Å²) in [7, 11) is 3.86. The van der Waals surface area contributed by atoms with Gasteiger partial charge in [-0.2, -0.15) is 0 Å². The smallest absolute Gasteiger partial charge is 0.254 e. The van der Waals surface area contributed by atoms with Gasteiger partial charge in [0.05, 0.1) is 17.9 Å². The molecule has 2 atom stereocenters. The number of benzene rings is 1. The van der Waals surface area contributed by atoms with Crippen molar-refractivity contribution in [2.24, 2.45) is 11.8 Å². The monoisotopic (exact) mass is 313 g/mol. The minimum absolute atomic E-state index is 0.0355. The van der Waals surface area contributed by atoms with Gasteiger partial charge in [-0.1, -0.05) is 6.07 Å². The van der Waals surface area contributed by atoms with Crippen LogP contribution in [0, 0.1) is 11.8 Å². The molecule has 120 valence electrons. The number of fused-ring (bicyclic) bond motifs is 1. The summed E-state index contributed by atoms with van der Waals surface area (Å²) in [5, 5.41) is 0. The van der Waals surface area contributed by atoms with E-state index in [2.05, 4.69) is 0 Å². The second kappa shape index (κ2) is 4.81. The van der Waals surface area contributed by atoms with Gasteiger partial charge in [-0.05, 0) is 24.6 Å². The van der Waals surface area contributed by atoms with Crippen LogP contribution in [0.15, 0.2) is 24.3 Å². The van der Waals surface area contributed by atoms with Crippen molar-refractivity contribution in [1.82, 2.24) is 9.80 Å². The maximum atomic E-state index is 12.5. The number of piperidine rings is 1. The fraction of sp³-hybridized carbons (Fsp3) is 0.471. The van der Waals surface area contributed by atoms with Crippen molar-refractivity contribution in [3.8, 4) is 0 Å². The van der Waals surface area contributed by atoms with E-state index in [0.29, 0.717) is 18.7 Å². The molecule has 2 aliphatic heterocycles. The predicted octanol–water partition coefficient (Wildman–Crippen LogP) is 0.582. The number of rotatable bonds is 3. The van der Waals surface area contributed by atoms with Gasteiger partial charge in [-0.25, -0.2) is 0 Å². The number of amides is 3. The maximum absolute atomic E-state index is 12.5. The van der Waals surface area contributed by atoms with Crippen LogP contribution in [0.1, 0.15) is 16.8 Å². The normalized spacial score (nSPS) is 26.2. The van der Waals surface area contributed by atoms with Crippen LogP contribution in [0.5, 0.6) is 0 Å². The highest BCUT2D eigenvalue weighted by molar-refractivity contribution is 6.09. The molecule has 2 saturated heterocycles. The Morgan fingerprint density at radius 2 is 1.78 bits per heavy atom.